The van der Waals surface area contributed by atoms with Crippen LogP contribution in [0.1, 0.15) is 59.7 Å². The Morgan fingerprint density at radius 3 is 2.25 bits per heavy atom. The molecule has 192 valence electrons. The number of hydrogen-bond donors (Lipinski definition) is 0. The lowest BCUT2D eigenvalue weighted by atomic mass is 10.1. The number of halogens is 4. The molecule has 0 N–H and O–H groups in total. The van der Waals surface area contributed by atoms with Crippen molar-refractivity contribution in [1.29, 1.82) is 0 Å². The zero-order valence-corrected chi connectivity index (χ0v) is 20.7. The molecular weight excluding hydrogens is 501 g/mol. The zero-order chi connectivity index (χ0) is 26.7. The molecule has 1 heterocycles. The average Bonchev–Trinajstić information content (AvgIpc) is 3.13. The first kappa shape index (κ1) is 27.1. The van der Waals surface area contributed by atoms with Gasteiger partial charge >= 0.3 is 18.1 Å². The van der Waals surface area contributed by atoms with Crippen LogP contribution < -0.4 is 4.74 Å². The molecule has 0 spiro atoms. The van der Waals surface area contributed by atoms with Gasteiger partial charge in [-0.1, -0.05) is 29.8 Å². The number of carbonyl (C=O) groups is 2. The maximum Gasteiger partial charge on any atom is 0.436 e. The van der Waals surface area contributed by atoms with Crippen molar-refractivity contribution in [2.24, 2.45) is 0 Å². The summed E-state index contributed by atoms with van der Waals surface area (Å²) in [6.07, 6.45) is -4.84. The van der Waals surface area contributed by atoms with Crippen LogP contribution in [0.5, 0.6) is 5.88 Å². The molecule has 2 aromatic carbocycles. The fourth-order valence-electron chi connectivity index (χ4n) is 3.07. The van der Waals surface area contributed by atoms with E-state index in [1.54, 1.807) is 39.8 Å². The summed E-state index contributed by atoms with van der Waals surface area (Å²) in [5.41, 5.74) is -0.881. The lowest BCUT2D eigenvalue weighted by Crippen LogP contribution is -2.23. The van der Waals surface area contributed by atoms with E-state index < -0.39 is 34.4 Å². The molecule has 36 heavy (non-hydrogen) atoms. The van der Waals surface area contributed by atoms with Crippen LogP contribution in [0.15, 0.2) is 48.5 Å². The summed E-state index contributed by atoms with van der Waals surface area (Å²) in [7, 11) is 0. The van der Waals surface area contributed by atoms with E-state index in [0.29, 0.717) is 11.1 Å². The number of ether oxygens (including phenoxy) is 3. The second-order valence-electron chi connectivity index (χ2n) is 8.64. The monoisotopic (exact) mass is 524 g/mol. The molecule has 0 fully saturated rings. The van der Waals surface area contributed by atoms with Crippen LogP contribution in [0.2, 0.25) is 5.02 Å². The Balaban J connectivity index is 1.90. The van der Waals surface area contributed by atoms with E-state index in [-0.39, 0.29) is 30.3 Å². The van der Waals surface area contributed by atoms with Crippen LogP contribution in [0.4, 0.5) is 13.2 Å². The van der Waals surface area contributed by atoms with Gasteiger partial charge in [-0.15, -0.1) is 0 Å². The van der Waals surface area contributed by atoms with Crippen LogP contribution in [-0.2, 0) is 22.3 Å². The molecule has 7 nitrogen and oxygen atoms in total. The van der Waals surface area contributed by atoms with Gasteiger partial charge in [0.15, 0.2) is 5.69 Å². The lowest BCUT2D eigenvalue weighted by molar-refractivity contribution is -0.141. The predicted octanol–water partition coefficient (Wildman–Crippen LogP) is 6.26. The van der Waals surface area contributed by atoms with Gasteiger partial charge in [-0.2, -0.15) is 23.0 Å². The number of carbonyl (C=O) groups excluding carboxylic acids is 2. The van der Waals surface area contributed by atoms with Crippen molar-refractivity contribution >= 4 is 23.5 Å². The van der Waals surface area contributed by atoms with E-state index in [0.717, 1.165) is 4.68 Å². The van der Waals surface area contributed by atoms with Crippen molar-refractivity contribution in [3.05, 3.63) is 75.9 Å². The molecule has 0 amide bonds. The standard InChI is InChI=1S/C25H24ClF3N2O5/c1-5-34-22(32)17-7-6-8-18(13-17)31-21(19(26)20(30-31)25(27,28)29)35-14-15-9-11-16(12-10-15)23(33)36-24(2,3)4/h6-13H,5,14H2,1-4H3. The molecule has 11 heteroatoms. The van der Waals surface area contributed by atoms with Crippen LogP contribution in [0.3, 0.4) is 0 Å². The third-order valence-corrected chi connectivity index (χ3v) is 4.96. The molecule has 1 aromatic heterocycles. The van der Waals surface area contributed by atoms with Crippen LogP contribution in [0, 0.1) is 0 Å². The van der Waals surface area contributed by atoms with Crippen molar-refractivity contribution in [3.8, 4) is 11.6 Å². The third kappa shape index (κ3) is 6.57. The first-order valence-electron chi connectivity index (χ1n) is 10.9. The molecule has 3 aromatic rings. The van der Waals surface area contributed by atoms with E-state index in [2.05, 4.69) is 5.10 Å². The molecule has 0 saturated carbocycles. The van der Waals surface area contributed by atoms with Gasteiger partial charge in [0.25, 0.3) is 0 Å². The lowest BCUT2D eigenvalue weighted by Gasteiger charge is -2.19. The summed E-state index contributed by atoms with van der Waals surface area (Å²) in [4.78, 5) is 24.3. The Morgan fingerprint density at radius 2 is 1.67 bits per heavy atom. The number of esters is 2. The minimum Gasteiger partial charge on any atom is -0.472 e. The number of aromatic nitrogens is 2. The molecule has 0 aliphatic heterocycles. The molecule has 0 aliphatic rings. The van der Waals surface area contributed by atoms with Gasteiger partial charge in [-0.3, -0.25) is 0 Å². The summed E-state index contributed by atoms with van der Waals surface area (Å²) in [5, 5.41) is 2.88. The van der Waals surface area contributed by atoms with Gasteiger partial charge in [0.05, 0.1) is 23.4 Å². The number of benzene rings is 2. The van der Waals surface area contributed by atoms with Crippen molar-refractivity contribution in [2.75, 3.05) is 6.61 Å². The van der Waals surface area contributed by atoms with Gasteiger partial charge in [-0.25, -0.2) is 9.59 Å². The number of rotatable bonds is 7. The van der Waals surface area contributed by atoms with Gasteiger partial charge < -0.3 is 14.2 Å². The highest BCUT2D eigenvalue weighted by Crippen LogP contribution is 2.40. The maximum atomic E-state index is 13.5. The topological polar surface area (TPSA) is 79.7 Å². The number of nitrogens with zero attached hydrogens (tertiary/aromatic N) is 2. The van der Waals surface area contributed by atoms with Crippen LogP contribution in [-0.4, -0.2) is 33.9 Å². The molecule has 3 rings (SSSR count). The Labute approximate surface area is 210 Å². The van der Waals surface area contributed by atoms with E-state index >= 15 is 0 Å². The molecule has 0 bridgehead atoms. The number of alkyl halides is 3. The quantitative estimate of drug-likeness (QED) is 0.340. The van der Waals surface area contributed by atoms with Crippen molar-refractivity contribution in [3.63, 3.8) is 0 Å². The zero-order valence-electron chi connectivity index (χ0n) is 20.0. The molecule has 0 atom stereocenters. The molecule has 0 saturated heterocycles. The largest absolute Gasteiger partial charge is 0.472 e. The first-order chi connectivity index (χ1) is 16.8. The summed E-state index contributed by atoms with van der Waals surface area (Å²) in [6, 6.07) is 11.9. The Morgan fingerprint density at radius 1 is 1.00 bits per heavy atom. The molecule has 0 radical (unpaired) electrons. The summed E-state index contributed by atoms with van der Waals surface area (Å²) < 4.78 is 57.4. The SMILES string of the molecule is CCOC(=O)c1cccc(-n2nc(C(F)(F)F)c(Cl)c2OCc2ccc(C(=O)OC(C)(C)C)cc2)c1. The predicted molar refractivity (Wildman–Crippen MR) is 125 cm³/mol. The van der Waals surface area contributed by atoms with Gasteiger partial charge in [0, 0.05) is 0 Å². The Kier molecular flexibility index (Phi) is 7.98. The van der Waals surface area contributed by atoms with Crippen molar-refractivity contribution < 1.29 is 37.0 Å². The maximum absolute atomic E-state index is 13.5. The van der Waals surface area contributed by atoms with Crippen molar-refractivity contribution in [2.45, 2.75) is 46.1 Å². The minimum absolute atomic E-state index is 0.119. The minimum atomic E-state index is -4.84. The Bertz CT molecular complexity index is 1250. The molecule has 0 aliphatic carbocycles. The first-order valence-corrected chi connectivity index (χ1v) is 11.3. The molecule has 0 unspecified atom stereocenters. The highest BCUT2D eigenvalue weighted by atomic mass is 35.5. The fraction of sp³-hybridized carbons (Fsp3) is 0.320. The normalized spacial score (nSPS) is 11.8. The van der Waals surface area contributed by atoms with Crippen LogP contribution in [0.25, 0.3) is 5.69 Å². The highest BCUT2D eigenvalue weighted by molar-refractivity contribution is 6.32. The second-order valence-corrected chi connectivity index (χ2v) is 9.01. The smallest absolute Gasteiger partial charge is 0.436 e. The van der Waals surface area contributed by atoms with E-state index in [1.807, 2.05) is 0 Å². The van der Waals surface area contributed by atoms with Crippen molar-refractivity contribution in [1.82, 2.24) is 9.78 Å². The summed E-state index contributed by atoms with van der Waals surface area (Å²) >= 11 is 6.03. The average molecular weight is 525 g/mol. The summed E-state index contributed by atoms with van der Waals surface area (Å²) in [5.74, 6) is -1.50. The van der Waals surface area contributed by atoms with Gasteiger partial charge in [0.1, 0.15) is 17.2 Å². The number of hydrogen-bond acceptors (Lipinski definition) is 6. The van der Waals surface area contributed by atoms with E-state index in [1.165, 1.54) is 36.4 Å². The Hall–Kier alpha value is -3.53. The van der Waals surface area contributed by atoms with Gasteiger partial charge in [0.2, 0.25) is 5.88 Å². The fourth-order valence-corrected chi connectivity index (χ4v) is 3.35. The highest BCUT2D eigenvalue weighted by Gasteiger charge is 2.40. The van der Waals surface area contributed by atoms with Gasteiger partial charge in [-0.05, 0) is 63.6 Å². The van der Waals surface area contributed by atoms with E-state index in [4.69, 9.17) is 25.8 Å². The summed E-state index contributed by atoms with van der Waals surface area (Å²) in [6.45, 7) is 6.84. The third-order valence-electron chi connectivity index (χ3n) is 4.62. The second kappa shape index (κ2) is 10.6. The van der Waals surface area contributed by atoms with E-state index in [9.17, 15) is 22.8 Å². The van der Waals surface area contributed by atoms with Crippen LogP contribution >= 0.6 is 11.6 Å². The molecular formula is C25H24ClF3N2O5.